The first-order valence-electron chi connectivity index (χ1n) is 10.6. The van der Waals surface area contributed by atoms with Gasteiger partial charge in [-0.2, -0.15) is 0 Å². The highest BCUT2D eigenvalue weighted by molar-refractivity contribution is 8.00. The van der Waals surface area contributed by atoms with E-state index in [9.17, 15) is 9.59 Å². The van der Waals surface area contributed by atoms with Crippen LogP contribution in [0.4, 0.5) is 0 Å². The van der Waals surface area contributed by atoms with Gasteiger partial charge in [0.05, 0.1) is 5.75 Å². The molecule has 0 spiro atoms. The normalized spacial score (nSPS) is 20.0. The molecule has 0 saturated carbocycles. The number of carbonyl (C=O) groups is 2. The van der Waals surface area contributed by atoms with Crippen molar-refractivity contribution in [1.82, 2.24) is 9.80 Å². The quantitative estimate of drug-likeness (QED) is 0.730. The van der Waals surface area contributed by atoms with Crippen molar-refractivity contribution >= 4 is 23.6 Å². The van der Waals surface area contributed by atoms with E-state index in [-0.39, 0.29) is 17.2 Å². The monoisotopic (exact) mass is 408 g/mol. The molecule has 4 nitrogen and oxygen atoms in total. The molecule has 2 saturated heterocycles. The van der Waals surface area contributed by atoms with Crippen LogP contribution < -0.4 is 0 Å². The molecule has 0 aliphatic carbocycles. The smallest absolute Gasteiger partial charge is 0.253 e. The zero-order chi connectivity index (χ0) is 20.1. The highest BCUT2D eigenvalue weighted by atomic mass is 32.2. The van der Waals surface area contributed by atoms with Gasteiger partial charge in [-0.15, -0.1) is 11.8 Å². The summed E-state index contributed by atoms with van der Waals surface area (Å²) in [6.45, 7) is 2.44. The van der Waals surface area contributed by atoms with Crippen LogP contribution in [0.25, 0.3) is 0 Å². The maximum atomic E-state index is 12.8. The number of likely N-dealkylation sites (tertiary alicyclic amines) is 1. The van der Waals surface area contributed by atoms with Crippen LogP contribution in [0.2, 0.25) is 0 Å². The van der Waals surface area contributed by atoms with Crippen LogP contribution in [0.15, 0.2) is 54.6 Å². The Morgan fingerprint density at radius 3 is 2.31 bits per heavy atom. The molecular weight excluding hydrogens is 380 g/mol. The lowest BCUT2D eigenvalue weighted by molar-refractivity contribution is -0.128. The first-order chi connectivity index (χ1) is 14.2. The Kier molecular flexibility index (Phi) is 6.55. The summed E-state index contributed by atoms with van der Waals surface area (Å²) in [7, 11) is 0. The molecule has 2 fully saturated rings. The average molecular weight is 409 g/mol. The molecule has 2 aliphatic heterocycles. The number of hydrogen-bond donors (Lipinski definition) is 0. The number of thioether (sulfide) groups is 1. The number of hydrogen-bond acceptors (Lipinski definition) is 3. The third-order valence-corrected chi connectivity index (χ3v) is 7.04. The largest absolute Gasteiger partial charge is 0.339 e. The summed E-state index contributed by atoms with van der Waals surface area (Å²) in [6, 6.07) is 18.2. The van der Waals surface area contributed by atoms with Gasteiger partial charge in [-0.25, -0.2) is 0 Å². The van der Waals surface area contributed by atoms with E-state index in [0.717, 1.165) is 50.0 Å². The minimum absolute atomic E-state index is 0.0357. The number of nitrogens with zero attached hydrogens (tertiary/aromatic N) is 2. The van der Waals surface area contributed by atoms with Gasteiger partial charge in [0.15, 0.2) is 0 Å². The molecule has 2 aromatic carbocycles. The Balaban J connectivity index is 1.43. The second kappa shape index (κ2) is 9.49. The SMILES string of the molecule is O=C(c1ccc([C@H]2SCC(=O)N2CCc2ccccc2)cc1)N1CCCCCC1. The van der Waals surface area contributed by atoms with Crippen LogP contribution in [0.1, 0.15) is 52.5 Å². The van der Waals surface area contributed by atoms with Crippen molar-refractivity contribution < 1.29 is 9.59 Å². The minimum atomic E-state index is 0.0357. The Morgan fingerprint density at radius 1 is 0.931 bits per heavy atom. The van der Waals surface area contributed by atoms with E-state index in [1.54, 1.807) is 11.8 Å². The van der Waals surface area contributed by atoms with Crippen LogP contribution in [0.3, 0.4) is 0 Å². The van der Waals surface area contributed by atoms with Crippen molar-refractivity contribution in [2.24, 2.45) is 0 Å². The van der Waals surface area contributed by atoms with Gasteiger partial charge in [-0.1, -0.05) is 55.3 Å². The molecule has 4 rings (SSSR count). The van der Waals surface area contributed by atoms with Gasteiger partial charge < -0.3 is 9.80 Å². The third-order valence-electron chi connectivity index (χ3n) is 5.79. The average Bonchev–Trinajstić information content (AvgIpc) is 2.95. The number of benzene rings is 2. The Morgan fingerprint density at radius 2 is 1.62 bits per heavy atom. The van der Waals surface area contributed by atoms with Crippen molar-refractivity contribution in [2.45, 2.75) is 37.5 Å². The van der Waals surface area contributed by atoms with Gasteiger partial charge in [0.2, 0.25) is 5.91 Å². The van der Waals surface area contributed by atoms with Crippen molar-refractivity contribution in [3.63, 3.8) is 0 Å². The summed E-state index contributed by atoms with van der Waals surface area (Å²) < 4.78 is 0. The standard InChI is InChI=1S/C24H28N2O2S/c27-22-18-29-24(26(22)17-14-19-8-4-3-5-9-19)21-12-10-20(11-13-21)23(28)25-15-6-1-2-7-16-25/h3-5,8-13,24H,1-2,6-7,14-18H2/t24-/m1/s1. The molecule has 1 atom stereocenters. The molecule has 0 unspecified atom stereocenters. The van der Waals surface area contributed by atoms with E-state index in [0.29, 0.717) is 5.75 Å². The van der Waals surface area contributed by atoms with Crippen LogP contribution in [-0.4, -0.2) is 47.0 Å². The fourth-order valence-corrected chi connectivity index (χ4v) is 5.33. The van der Waals surface area contributed by atoms with E-state index in [1.807, 2.05) is 52.3 Å². The van der Waals surface area contributed by atoms with Crippen LogP contribution in [0.5, 0.6) is 0 Å². The Hall–Kier alpha value is -2.27. The maximum Gasteiger partial charge on any atom is 0.253 e. The molecule has 0 aromatic heterocycles. The summed E-state index contributed by atoms with van der Waals surface area (Å²) in [5, 5.41) is 0.0357. The molecule has 5 heteroatoms. The van der Waals surface area contributed by atoms with E-state index < -0.39 is 0 Å². The lowest BCUT2D eigenvalue weighted by atomic mass is 10.1. The third kappa shape index (κ3) is 4.84. The molecule has 0 N–H and O–H groups in total. The fraction of sp³-hybridized carbons (Fsp3) is 0.417. The van der Waals surface area contributed by atoms with E-state index in [4.69, 9.17) is 0 Å². The molecule has 29 heavy (non-hydrogen) atoms. The molecule has 0 bridgehead atoms. The predicted octanol–water partition coefficient (Wildman–Crippen LogP) is 4.52. The zero-order valence-corrected chi connectivity index (χ0v) is 17.6. The lowest BCUT2D eigenvalue weighted by Gasteiger charge is -2.25. The van der Waals surface area contributed by atoms with E-state index in [2.05, 4.69) is 12.1 Å². The van der Waals surface area contributed by atoms with Crippen LogP contribution in [0, 0.1) is 0 Å². The minimum Gasteiger partial charge on any atom is -0.339 e. The molecule has 0 radical (unpaired) electrons. The summed E-state index contributed by atoms with van der Waals surface area (Å²) >= 11 is 1.67. The van der Waals surface area contributed by atoms with Gasteiger partial charge in [0, 0.05) is 25.2 Å². The van der Waals surface area contributed by atoms with Gasteiger partial charge in [0.25, 0.3) is 5.91 Å². The maximum absolute atomic E-state index is 12.8. The molecule has 152 valence electrons. The van der Waals surface area contributed by atoms with Gasteiger partial charge in [-0.05, 0) is 42.5 Å². The van der Waals surface area contributed by atoms with Crippen LogP contribution >= 0.6 is 11.8 Å². The summed E-state index contributed by atoms with van der Waals surface area (Å²) in [4.78, 5) is 29.2. The first kappa shape index (κ1) is 20.0. The molecular formula is C24H28N2O2S. The highest BCUT2D eigenvalue weighted by Crippen LogP contribution is 2.38. The number of carbonyl (C=O) groups excluding carboxylic acids is 2. The van der Waals surface area contributed by atoms with Gasteiger partial charge in [-0.3, -0.25) is 9.59 Å². The van der Waals surface area contributed by atoms with Crippen molar-refractivity contribution in [2.75, 3.05) is 25.4 Å². The predicted molar refractivity (Wildman–Crippen MR) is 118 cm³/mol. The lowest BCUT2D eigenvalue weighted by Crippen LogP contribution is -2.32. The second-order valence-electron chi connectivity index (χ2n) is 7.81. The summed E-state index contributed by atoms with van der Waals surface area (Å²) in [5.41, 5.74) is 3.09. The molecule has 2 heterocycles. The van der Waals surface area contributed by atoms with Crippen molar-refractivity contribution in [1.29, 1.82) is 0 Å². The Labute approximate surface area is 177 Å². The second-order valence-corrected chi connectivity index (χ2v) is 8.88. The fourth-order valence-electron chi connectivity index (χ4n) is 4.11. The van der Waals surface area contributed by atoms with Crippen molar-refractivity contribution in [3.05, 3.63) is 71.3 Å². The summed E-state index contributed by atoms with van der Waals surface area (Å²) in [6.07, 6.45) is 5.49. The van der Waals surface area contributed by atoms with E-state index >= 15 is 0 Å². The first-order valence-corrected chi connectivity index (χ1v) is 11.6. The molecule has 2 amide bonds. The van der Waals surface area contributed by atoms with Gasteiger partial charge in [0.1, 0.15) is 5.37 Å². The van der Waals surface area contributed by atoms with Crippen molar-refractivity contribution in [3.8, 4) is 0 Å². The summed E-state index contributed by atoms with van der Waals surface area (Å²) in [5.74, 6) is 0.851. The zero-order valence-electron chi connectivity index (χ0n) is 16.8. The van der Waals surface area contributed by atoms with Crippen LogP contribution in [-0.2, 0) is 11.2 Å². The molecule has 2 aliphatic rings. The topological polar surface area (TPSA) is 40.6 Å². The van der Waals surface area contributed by atoms with Gasteiger partial charge >= 0.3 is 0 Å². The van der Waals surface area contributed by atoms with E-state index in [1.165, 1.54) is 18.4 Å². The highest BCUT2D eigenvalue weighted by Gasteiger charge is 2.32. The molecule has 2 aromatic rings. The number of amides is 2. The Bertz CT molecular complexity index is 830. The number of rotatable bonds is 5.